The summed E-state index contributed by atoms with van der Waals surface area (Å²) < 4.78 is 9.23. The third-order valence-electron chi connectivity index (χ3n) is 11.2. The van der Waals surface area contributed by atoms with E-state index in [1.54, 1.807) is 0 Å². The summed E-state index contributed by atoms with van der Waals surface area (Å²) in [7, 11) is 0. The number of nitrogens with zero attached hydrogens (tertiary/aromatic N) is 2. The number of aromatic nitrogens is 1. The lowest BCUT2D eigenvalue weighted by Gasteiger charge is -2.27. The van der Waals surface area contributed by atoms with E-state index >= 15 is 0 Å². The maximum absolute atomic E-state index is 6.86. The van der Waals surface area contributed by atoms with E-state index in [1.807, 2.05) is 6.07 Å². The molecular weight excluding hydrogens is 693 g/mol. The van der Waals surface area contributed by atoms with Crippen molar-refractivity contribution in [3.8, 4) is 39.1 Å². The summed E-state index contributed by atoms with van der Waals surface area (Å²) in [5.41, 5.74) is 15.3. The number of anilines is 3. The first-order valence-electron chi connectivity index (χ1n) is 19.4. The molecule has 0 N–H and O–H groups in total. The Morgan fingerprint density at radius 3 is 1.54 bits per heavy atom. The molecule has 0 spiro atoms. The molecule has 3 nitrogen and oxygen atoms in total. The molecule has 0 amide bonds. The number of hydrogen-bond donors (Lipinski definition) is 0. The average molecular weight is 729 g/mol. The van der Waals surface area contributed by atoms with Crippen molar-refractivity contribution in [1.29, 1.82) is 0 Å². The van der Waals surface area contributed by atoms with Crippen molar-refractivity contribution in [2.45, 2.75) is 0 Å². The van der Waals surface area contributed by atoms with Gasteiger partial charge in [-0.3, -0.25) is 0 Å². The van der Waals surface area contributed by atoms with Gasteiger partial charge in [0.25, 0.3) is 0 Å². The molecule has 0 aliphatic carbocycles. The first-order valence-corrected chi connectivity index (χ1v) is 19.4. The van der Waals surface area contributed by atoms with Crippen LogP contribution < -0.4 is 4.90 Å². The highest BCUT2D eigenvalue weighted by Gasteiger charge is 2.22. The van der Waals surface area contributed by atoms with Crippen LogP contribution in [0.4, 0.5) is 17.1 Å². The van der Waals surface area contributed by atoms with Gasteiger partial charge in [-0.25, -0.2) is 0 Å². The molecule has 9 aromatic carbocycles. The molecular formula is C54H36N2O. The molecule has 3 heteroatoms. The molecule has 0 saturated carbocycles. The summed E-state index contributed by atoms with van der Waals surface area (Å²) in [4.78, 5) is 2.35. The van der Waals surface area contributed by atoms with E-state index in [9.17, 15) is 0 Å². The van der Waals surface area contributed by atoms with E-state index in [0.29, 0.717) is 0 Å². The minimum absolute atomic E-state index is 0.863. The molecule has 2 aromatic heterocycles. The van der Waals surface area contributed by atoms with Crippen molar-refractivity contribution >= 4 is 60.8 Å². The third kappa shape index (κ3) is 5.60. The van der Waals surface area contributed by atoms with Crippen molar-refractivity contribution in [2.75, 3.05) is 4.90 Å². The molecule has 0 unspecified atom stereocenters. The lowest BCUT2D eigenvalue weighted by molar-refractivity contribution is 0.670. The molecule has 11 aromatic rings. The average Bonchev–Trinajstić information content (AvgIpc) is 3.84. The minimum Gasteiger partial charge on any atom is -0.455 e. The van der Waals surface area contributed by atoms with Crippen LogP contribution in [0.25, 0.3) is 82.8 Å². The number of rotatable bonds is 7. The Morgan fingerprint density at radius 2 is 0.877 bits per heavy atom. The highest BCUT2D eigenvalue weighted by atomic mass is 16.3. The van der Waals surface area contributed by atoms with Gasteiger partial charge in [-0.2, -0.15) is 0 Å². The quantitative estimate of drug-likeness (QED) is 0.163. The second kappa shape index (κ2) is 13.6. The van der Waals surface area contributed by atoms with Crippen molar-refractivity contribution in [3.05, 3.63) is 218 Å². The Balaban J connectivity index is 1.05. The van der Waals surface area contributed by atoms with Crippen LogP contribution in [-0.2, 0) is 0 Å². The van der Waals surface area contributed by atoms with Crippen LogP contribution >= 0.6 is 0 Å². The normalized spacial score (nSPS) is 11.5. The van der Waals surface area contributed by atoms with Gasteiger partial charge in [0.2, 0.25) is 0 Å². The molecule has 0 bridgehead atoms. The molecule has 0 aliphatic rings. The highest BCUT2D eigenvalue weighted by Crippen LogP contribution is 2.46. The number of hydrogen-bond acceptors (Lipinski definition) is 2. The predicted octanol–water partition coefficient (Wildman–Crippen LogP) is 15.2. The fourth-order valence-corrected chi connectivity index (χ4v) is 8.53. The van der Waals surface area contributed by atoms with E-state index in [1.165, 1.54) is 44.1 Å². The molecule has 0 aliphatic heterocycles. The number of furan rings is 1. The van der Waals surface area contributed by atoms with Crippen LogP contribution in [0.1, 0.15) is 0 Å². The van der Waals surface area contributed by atoms with Crippen LogP contribution in [0.2, 0.25) is 0 Å². The van der Waals surface area contributed by atoms with E-state index in [4.69, 9.17) is 4.42 Å². The first kappa shape index (κ1) is 32.8. The van der Waals surface area contributed by atoms with Crippen LogP contribution in [-0.4, -0.2) is 4.57 Å². The molecule has 0 fully saturated rings. The van der Waals surface area contributed by atoms with E-state index < -0.39 is 0 Å². The van der Waals surface area contributed by atoms with E-state index in [0.717, 1.165) is 55.8 Å². The van der Waals surface area contributed by atoms with Crippen molar-refractivity contribution in [1.82, 2.24) is 4.57 Å². The van der Waals surface area contributed by atoms with Gasteiger partial charge in [-0.15, -0.1) is 0 Å². The minimum atomic E-state index is 0.863. The van der Waals surface area contributed by atoms with Gasteiger partial charge in [0.05, 0.1) is 22.1 Å². The molecule has 57 heavy (non-hydrogen) atoms. The molecule has 268 valence electrons. The summed E-state index contributed by atoms with van der Waals surface area (Å²) in [5, 5.41) is 4.66. The van der Waals surface area contributed by atoms with Gasteiger partial charge in [0, 0.05) is 38.8 Å². The maximum atomic E-state index is 6.86. The van der Waals surface area contributed by atoms with Gasteiger partial charge in [0.15, 0.2) is 0 Å². The smallest absolute Gasteiger partial charge is 0.145 e. The Labute approximate surface area is 330 Å². The second-order valence-corrected chi connectivity index (χ2v) is 14.5. The van der Waals surface area contributed by atoms with Gasteiger partial charge in [0.1, 0.15) is 11.2 Å². The first-order chi connectivity index (χ1) is 28.3. The topological polar surface area (TPSA) is 21.3 Å². The van der Waals surface area contributed by atoms with Crippen LogP contribution in [0, 0.1) is 0 Å². The molecule has 0 atom stereocenters. The second-order valence-electron chi connectivity index (χ2n) is 14.5. The summed E-state index contributed by atoms with van der Waals surface area (Å²) in [5.74, 6) is 0. The van der Waals surface area contributed by atoms with Gasteiger partial charge in [-0.1, -0.05) is 152 Å². The summed E-state index contributed by atoms with van der Waals surface area (Å²) in [6.07, 6.45) is 0. The summed E-state index contributed by atoms with van der Waals surface area (Å²) in [6.45, 7) is 0. The number of fused-ring (bicyclic) bond motifs is 6. The molecule has 2 heterocycles. The van der Waals surface area contributed by atoms with Gasteiger partial charge in [-0.05, 0) is 94.5 Å². The number of benzene rings is 9. The molecule has 11 rings (SSSR count). The maximum Gasteiger partial charge on any atom is 0.145 e. The zero-order valence-electron chi connectivity index (χ0n) is 31.1. The zero-order chi connectivity index (χ0) is 37.7. The Hall–Kier alpha value is -7.62. The largest absolute Gasteiger partial charge is 0.455 e. The standard InChI is InChI=1S/C54H36N2O/c1-3-14-37(15-4-1)38-26-28-39(29-27-38)40-30-32-43(33-31-40)55(42-17-5-2-6-18-42)51-35-34-45(54-53(51)48-22-9-12-25-52(48)57-54)41-16-13-19-44(36-41)56-49-23-10-7-20-46(49)47-21-8-11-24-50(47)56/h1-36H. The van der Waals surface area contributed by atoms with Crippen molar-refractivity contribution < 1.29 is 4.42 Å². The fraction of sp³-hybridized carbons (Fsp3) is 0. The SMILES string of the molecule is c1ccc(-c2ccc(-c3ccc(N(c4ccccc4)c4ccc(-c5cccc(-n6c7ccccc7c7ccccc76)c5)c5oc6ccccc6c45)cc3)cc2)cc1. The van der Waals surface area contributed by atoms with Crippen molar-refractivity contribution in [2.24, 2.45) is 0 Å². The van der Waals surface area contributed by atoms with Crippen LogP contribution in [0.5, 0.6) is 0 Å². The van der Waals surface area contributed by atoms with Crippen LogP contribution in [0.3, 0.4) is 0 Å². The van der Waals surface area contributed by atoms with Gasteiger partial charge < -0.3 is 13.9 Å². The lowest BCUT2D eigenvalue weighted by atomic mass is 9.98. The Kier molecular flexibility index (Phi) is 7.82. The number of para-hydroxylation sites is 4. The monoisotopic (exact) mass is 728 g/mol. The zero-order valence-corrected chi connectivity index (χ0v) is 31.1. The van der Waals surface area contributed by atoms with E-state index in [-0.39, 0.29) is 0 Å². The fourth-order valence-electron chi connectivity index (χ4n) is 8.53. The Morgan fingerprint density at radius 1 is 0.368 bits per heavy atom. The van der Waals surface area contributed by atoms with Crippen molar-refractivity contribution in [3.63, 3.8) is 0 Å². The van der Waals surface area contributed by atoms with Crippen LogP contribution in [0.15, 0.2) is 223 Å². The molecule has 0 radical (unpaired) electrons. The van der Waals surface area contributed by atoms with E-state index in [2.05, 4.69) is 222 Å². The summed E-state index contributed by atoms with van der Waals surface area (Å²) >= 11 is 0. The van der Waals surface area contributed by atoms with Gasteiger partial charge >= 0.3 is 0 Å². The third-order valence-corrected chi connectivity index (χ3v) is 11.2. The lowest BCUT2D eigenvalue weighted by Crippen LogP contribution is -2.10. The predicted molar refractivity (Wildman–Crippen MR) is 239 cm³/mol. The summed E-state index contributed by atoms with van der Waals surface area (Å²) in [6, 6.07) is 77.9. The highest BCUT2D eigenvalue weighted by molar-refractivity contribution is 6.17. The molecule has 0 saturated heterocycles. The Bertz CT molecular complexity index is 3160.